The van der Waals surface area contributed by atoms with Crippen LogP contribution in [0.4, 0.5) is 4.79 Å². The van der Waals surface area contributed by atoms with E-state index in [9.17, 15) is 18.3 Å². The van der Waals surface area contributed by atoms with Gasteiger partial charge in [0.15, 0.2) is 0 Å². The molecule has 3 rings (SSSR count). The van der Waals surface area contributed by atoms with E-state index in [0.717, 1.165) is 5.56 Å². The molecule has 0 aromatic heterocycles. The van der Waals surface area contributed by atoms with E-state index in [0.29, 0.717) is 30.3 Å². The number of nitrogens with zero attached hydrogens (tertiary/aromatic N) is 1. The van der Waals surface area contributed by atoms with Crippen LogP contribution in [0.3, 0.4) is 0 Å². The number of carboxylic acid groups (broad SMARTS) is 1. The summed E-state index contributed by atoms with van der Waals surface area (Å²) in [4.78, 5) is 13.2. The molecule has 2 N–H and O–H groups in total. The maximum Gasteiger partial charge on any atom is 0.407 e. The largest absolute Gasteiger partial charge is 0.497 e. The van der Waals surface area contributed by atoms with Crippen LogP contribution >= 0.6 is 0 Å². The van der Waals surface area contributed by atoms with Gasteiger partial charge in [-0.3, -0.25) is 4.90 Å². The van der Waals surface area contributed by atoms with Crippen LogP contribution in [0.25, 0.3) is 0 Å². The van der Waals surface area contributed by atoms with Gasteiger partial charge in [0, 0.05) is 12.1 Å². The quantitative estimate of drug-likeness (QED) is 0.524. The van der Waals surface area contributed by atoms with Crippen LogP contribution in [-0.2, 0) is 16.4 Å². The summed E-state index contributed by atoms with van der Waals surface area (Å²) in [5.74, 6) is 1.63. The lowest BCUT2D eigenvalue weighted by Crippen LogP contribution is -2.50. The number of hydrogen-bond acceptors (Lipinski definition) is 5. The van der Waals surface area contributed by atoms with Crippen molar-refractivity contribution in [3.8, 4) is 11.5 Å². The van der Waals surface area contributed by atoms with Gasteiger partial charge in [0.05, 0.1) is 18.9 Å². The smallest absolute Gasteiger partial charge is 0.407 e. The second-order valence-corrected chi connectivity index (χ2v) is 10.9. The van der Waals surface area contributed by atoms with Crippen molar-refractivity contribution in [2.45, 2.75) is 57.7 Å². The number of aryl methyl sites for hydroxylation is 1. The Kier molecular flexibility index (Phi) is 8.43. The molecule has 0 unspecified atom stereocenters. The predicted molar refractivity (Wildman–Crippen MR) is 131 cm³/mol. The standard InChI is InChI=1S/C25H34N2O6S/c1-17(2)20-7-11-22(12-8-20)33-16-24-23(15-18(3)27(24)25(28)29)26-34(30,31)14-13-19-5-9-21(32-4)10-6-19/h5-12,17-18,23-24,26H,13-16H2,1-4H3,(H,28,29)/t18-,23+,24+/m1/s1. The zero-order chi connectivity index (χ0) is 24.9. The number of ether oxygens (including phenoxy) is 2. The maximum absolute atomic E-state index is 12.8. The Morgan fingerprint density at radius 3 is 2.29 bits per heavy atom. The molecule has 3 atom stereocenters. The van der Waals surface area contributed by atoms with Gasteiger partial charge >= 0.3 is 6.09 Å². The summed E-state index contributed by atoms with van der Waals surface area (Å²) in [5.41, 5.74) is 2.05. The molecule has 0 spiro atoms. The van der Waals surface area contributed by atoms with Crippen molar-refractivity contribution in [3.63, 3.8) is 0 Å². The molecule has 2 aromatic rings. The van der Waals surface area contributed by atoms with Crippen molar-refractivity contribution in [1.29, 1.82) is 0 Å². The van der Waals surface area contributed by atoms with Crippen LogP contribution in [0.2, 0.25) is 0 Å². The van der Waals surface area contributed by atoms with E-state index >= 15 is 0 Å². The molecule has 0 bridgehead atoms. The first-order valence-electron chi connectivity index (χ1n) is 11.5. The predicted octanol–water partition coefficient (Wildman–Crippen LogP) is 3.87. The summed E-state index contributed by atoms with van der Waals surface area (Å²) in [5, 5.41) is 9.74. The Hall–Kier alpha value is -2.78. The average molecular weight is 491 g/mol. The Bertz CT molecular complexity index is 1050. The number of rotatable bonds is 10. The number of amides is 1. The van der Waals surface area contributed by atoms with Gasteiger partial charge in [0.1, 0.15) is 18.1 Å². The molecule has 0 saturated carbocycles. The summed E-state index contributed by atoms with van der Waals surface area (Å²) < 4.78 is 39.5. The van der Waals surface area contributed by atoms with Crippen LogP contribution in [0.5, 0.6) is 11.5 Å². The first kappa shape index (κ1) is 25.8. The molecule has 1 aliphatic rings. The normalized spacial score (nSPS) is 20.5. The minimum Gasteiger partial charge on any atom is -0.497 e. The molecule has 9 heteroatoms. The fourth-order valence-corrected chi connectivity index (χ4v) is 5.61. The van der Waals surface area contributed by atoms with E-state index in [4.69, 9.17) is 9.47 Å². The fourth-order valence-electron chi connectivity index (χ4n) is 4.28. The molecule has 0 aliphatic carbocycles. The second kappa shape index (κ2) is 11.1. The van der Waals surface area contributed by atoms with Crippen molar-refractivity contribution in [1.82, 2.24) is 9.62 Å². The van der Waals surface area contributed by atoms with Gasteiger partial charge in [-0.2, -0.15) is 0 Å². The first-order valence-corrected chi connectivity index (χ1v) is 13.1. The number of carbonyl (C=O) groups is 1. The highest BCUT2D eigenvalue weighted by atomic mass is 32.2. The van der Waals surface area contributed by atoms with E-state index in [1.807, 2.05) is 36.4 Å². The van der Waals surface area contributed by atoms with Gasteiger partial charge in [0.2, 0.25) is 10.0 Å². The van der Waals surface area contributed by atoms with E-state index < -0.39 is 28.2 Å². The molecule has 1 saturated heterocycles. The molecule has 1 fully saturated rings. The van der Waals surface area contributed by atoms with Gasteiger partial charge in [-0.05, 0) is 61.1 Å². The number of likely N-dealkylation sites (tertiary alicyclic amines) is 1. The lowest BCUT2D eigenvalue weighted by molar-refractivity contribution is 0.105. The van der Waals surface area contributed by atoms with Crippen molar-refractivity contribution >= 4 is 16.1 Å². The molecule has 1 aliphatic heterocycles. The third-order valence-corrected chi connectivity index (χ3v) is 7.63. The Balaban J connectivity index is 1.66. The van der Waals surface area contributed by atoms with E-state index in [2.05, 4.69) is 18.6 Å². The van der Waals surface area contributed by atoms with Gasteiger partial charge in [-0.15, -0.1) is 0 Å². The summed E-state index contributed by atoms with van der Waals surface area (Å²) in [6.07, 6.45) is -0.363. The first-order chi connectivity index (χ1) is 16.1. The van der Waals surface area contributed by atoms with Crippen LogP contribution in [0.15, 0.2) is 48.5 Å². The minimum absolute atomic E-state index is 0.0589. The maximum atomic E-state index is 12.8. The molecular formula is C25H34N2O6S. The number of methoxy groups -OCH3 is 1. The highest BCUT2D eigenvalue weighted by Crippen LogP contribution is 2.27. The van der Waals surface area contributed by atoms with Crippen LogP contribution < -0.4 is 14.2 Å². The summed E-state index contributed by atoms with van der Waals surface area (Å²) in [6.45, 7) is 6.05. The van der Waals surface area contributed by atoms with E-state index in [-0.39, 0.29) is 18.4 Å². The molecular weight excluding hydrogens is 456 g/mol. The zero-order valence-electron chi connectivity index (χ0n) is 20.1. The summed E-state index contributed by atoms with van der Waals surface area (Å²) in [7, 11) is -2.06. The van der Waals surface area contributed by atoms with Gasteiger partial charge < -0.3 is 14.6 Å². The average Bonchev–Trinajstić information content (AvgIpc) is 3.11. The summed E-state index contributed by atoms with van der Waals surface area (Å²) in [6, 6.07) is 13.4. The summed E-state index contributed by atoms with van der Waals surface area (Å²) >= 11 is 0. The Labute approximate surface area is 201 Å². The lowest BCUT2D eigenvalue weighted by atomic mass is 10.0. The van der Waals surface area contributed by atoms with E-state index in [1.165, 1.54) is 10.5 Å². The molecule has 1 heterocycles. The minimum atomic E-state index is -3.64. The number of hydrogen-bond donors (Lipinski definition) is 2. The van der Waals surface area contributed by atoms with Crippen LogP contribution in [0, 0.1) is 0 Å². The van der Waals surface area contributed by atoms with Gasteiger partial charge in [-0.1, -0.05) is 38.1 Å². The zero-order valence-corrected chi connectivity index (χ0v) is 20.9. The number of benzene rings is 2. The van der Waals surface area contributed by atoms with Gasteiger partial charge in [0.25, 0.3) is 0 Å². The lowest BCUT2D eigenvalue weighted by Gasteiger charge is -2.28. The topological polar surface area (TPSA) is 105 Å². The van der Waals surface area contributed by atoms with Crippen molar-refractivity contribution in [2.75, 3.05) is 19.5 Å². The van der Waals surface area contributed by atoms with Crippen molar-refractivity contribution in [3.05, 3.63) is 59.7 Å². The molecule has 34 heavy (non-hydrogen) atoms. The van der Waals surface area contributed by atoms with Crippen molar-refractivity contribution < 1.29 is 27.8 Å². The third-order valence-electron chi connectivity index (χ3n) is 6.23. The van der Waals surface area contributed by atoms with Crippen LogP contribution in [-0.4, -0.2) is 62.1 Å². The fraction of sp³-hybridized carbons (Fsp3) is 0.480. The highest BCUT2D eigenvalue weighted by molar-refractivity contribution is 7.89. The van der Waals surface area contributed by atoms with Crippen LogP contribution in [0.1, 0.15) is 44.2 Å². The Morgan fingerprint density at radius 1 is 1.12 bits per heavy atom. The molecule has 8 nitrogen and oxygen atoms in total. The number of sulfonamides is 1. The van der Waals surface area contributed by atoms with Crippen molar-refractivity contribution in [2.24, 2.45) is 0 Å². The molecule has 186 valence electrons. The molecule has 1 amide bonds. The second-order valence-electron chi connectivity index (χ2n) is 9.02. The molecule has 0 radical (unpaired) electrons. The monoisotopic (exact) mass is 490 g/mol. The highest BCUT2D eigenvalue weighted by Gasteiger charge is 2.44. The molecule has 2 aromatic carbocycles. The SMILES string of the molecule is COc1ccc(CCS(=O)(=O)N[C@H]2C[C@@H](C)N(C(=O)O)[C@H]2COc2ccc(C(C)C)cc2)cc1. The van der Waals surface area contributed by atoms with E-state index in [1.54, 1.807) is 26.2 Å². The number of nitrogens with one attached hydrogen (secondary N) is 1. The van der Waals surface area contributed by atoms with Gasteiger partial charge in [-0.25, -0.2) is 17.9 Å². The third kappa shape index (κ3) is 6.64. The Morgan fingerprint density at radius 2 is 1.74 bits per heavy atom.